The number of thiazole rings is 1. The maximum absolute atomic E-state index is 12.7. The molecule has 0 spiro atoms. The van der Waals surface area contributed by atoms with Gasteiger partial charge < -0.3 is 9.80 Å². The van der Waals surface area contributed by atoms with Crippen LogP contribution in [0, 0.1) is 13.8 Å². The lowest BCUT2D eigenvalue weighted by atomic mass is 10.1. The van der Waals surface area contributed by atoms with Crippen molar-refractivity contribution in [3.05, 3.63) is 58.1 Å². The second kappa shape index (κ2) is 6.89. The van der Waals surface area contributed by atoms with Crippen LogP contribution in [0.4, 0.5) is 5.13 Å². The molecular weight excluding hydrogens is 366 g/mol. The Bertz CT molecular complexity index is 976. The van der Waals surface area contributed by atoms with E-state index in [4.69, 9.17) is 16.6 Å². The van der Waals surface area contributed by atoms with Crippen LogP contribution in [0.3, 0.4) is 0 Å². The molecule has 3 aromatic rings. The number of fused-ring (bicyclic) bond motifs is 1. The summed E-state index contributed by atoms with van der Waals surface area (Å²) >= 11 is 7.91. The largest absolute Gasteiger partial charge is 0.345 e. The van der Waals surface area contributed by atoms with Crippen molar-refractivity contribution in [2.24, 2.45) is 0 Å². The quantitative estimate of drug-likeness (QED) is 0.650. The van der Waals surface area contributed by atoms with E-state index in [1.165, 1.54) is 15.8 Å². The molecule has 0 unspecified atom stereocenters. The van der Waals surface area contributed by atoms with E-state index in [9.17, 15) is 4.79 Å². The first-order valence-electron chi connectivity index (χ1n) is 8.69. The average Bonchev–Trinajstić information content (AvgIpc) is 3.06. The summed E-state index contributed by atoms with van der Waals surface area (Å²) in [4.78, 5) is 21.7. The van der Waals surface area contributed by atoms with Gasteiger partial charge in [-0.1, -0.05) is 41.1 Å². The molecule has 1 aliphatic heterocycles. The molecule has 6 heteroatoms. The van der Waals surface area contributed by atoms with Crippen LogP contribution >= 0.6 is 22.9 Å². The first kappa shape index (κ1) is 17.3. The number of rotatable bonds is 2. The van der Waals surface area contributed by atoms with E-state index in [1.54, 1.807) is 23.5 Å². The van der Waals surface area contributed by atoms with Gasteiger partial charge in [0.1, 0.15) is 0 Å². The van der Waals surface area contributed by atoms with Crippen molar-refractivity contribution in [3.8, 4) is 0 Å². The molecule has 2 heterocycles. The van der Waals surface area contributed by atoms with Crippen molar-refractivity contribution in [3.63, 3.8) is 0 Å². The van der Waals surface area contributed by atoms with Crippen molar-refractivity contribution >= 4 is 44.2 Å². The van der Waals surface area contributed by atoms with Crippen molar-refractivity contribution in [2.75, 3.05) is 31.1 Å². The molecule has 1 aromatic heterocycles. The number of amides is 1. The summed E-state index contributed by atoms with van der Waals surface area (Å²) in [5.74, 6) is 0.00557. The summed E-state index contributed by atoms with van der Waals surface area (Å²) in [5.41, 5.74) is 4.16. The summed E-state index contributed by atoms with van der Waals surface area (Å²) in [7, 11) is 0. The summed E-state index contributed by atoms with van der Waals surface area (Å²) in [6.45, 7) is 7.17. The molecule has 4 nitrogen and oxygen atoms in total. The van der Waals surface area contributed by atoms with Gasteiger partial charge in [-0.2, -0.15) is 0 Å². The second-order valence-corrected chi connectivity index (χ2v) is 8.07. The monoisotopic (exact) mass is 385 g/mol. The summed E-state index contributed by atoms with van der Waals surface area (Å²) in [5, 5.41) is 1.55. The molecule has 1 amide bonds. The third kappa shape index (κ3) is 3.17. The molecule has 0 aliphatic carbocycles. The Hall–Kier alpha value is -2.11. The molecule has 4 rings (SSSR count). The van der Waals surface area contributed by atoms with E-state index >= 15 is 0 Å². The minimum Gasteiger partial charge on any atom is -0.345 e. The van der Waals surface area contributed by atoms with Gasteiger partial charge in [-0.15, -0.1) is 0 Å². The van der Waals surface area contributed by atoms with Crippen LogP contribution in [0.5, 0.6) is 0 Å². The van der Waals surface area contributed by atoms with Gasteiger partial charge in [-0.05, 0) is 43.2 Å². The van der Waals surface area contributed by atoms with Crippen molar-refractivity contribution < 1.29 is 4.79 Å². The van der Waals surface area contributed by atoms with E-state index in [0.29, 0.717) is 23.7 Å². The van der Waals surface area contributed by atoms with Crippen LogP contribution in [-0.2, 0) is 0 Å². The van der Waals surface area contributed by atoms with E-state index in [0.717, 1.165) is 23.7 Å². The smallest absolute Gasteiger partial charge is 0.255 e. The molecule has 0 bridgehead atoms. The molecular formula is C20H20ClN3OS. The lowest BCUT2D eigenvalue weighted by Gasteiger charge is -2.34. The number of aryl methyl sites for hydroxylation is 2. The predicted octanol–water partition coefficient (Wildman–Crippen LogP) is 4.53. The van der Waals surface area contributed by atoms with Gasteiger partial charge in [0.15, 0.2) is 5.13 Å². The first-order valence-corrected chi connectivity index (χ1v) is 9.89. The second-order valence-electron chi connectivity index (χ2n) is 6.69. The highest BCUT2D eigenvalue weighted by Gasteiger charge is 2.25. The summed E-state index contributed by atoms with van der Waals surface area (Å²) < 4.78 is 1.25. The fourth-order valence-corrected chi connectivity index (χ4v) is 4.69. The van der Waals surface area contributed by atoms with Gasteiger partial charge in [0.05, 0.1) is 20.8 Å². The zero-order chi connectivity index (χ0) is 18.3. The SMILES string of the molecule is Cc1cc(C)c2sc(N3CCN(C(=O)c4ccccc4Cl)CC3)nc2c1. The summed E-state index contributed by atoms with van der Waals surface area (Å²) in [6, 6.07) is 11.6. The molecule has 0 radical (unpaired) electrons. The van der Waals surface area contributed by atoms with Gasteiger partial charge in [0.25, 0.3) is 5.91 Å². The zero-order valence-electron chi connectivity index (χ0n) is 14.8. The predicted molar refractivity (Wildman–Crippen MR) is 109 cm³/mol. The number of nitrogens with zero attached hydrogens (tertiary/aromatic N) is 3. The first-order chi connectivity index (χ1) is 12.5. The van der Waals surface area contributed by atoms with Crippen LogP contribution in [0.1, 0.15) is 21.5 Å². The van der Waals surface area contributed by atoms with E-state index < -0.39 is 0 Å². The van der Waals surface area contributed by atoms with E-state index in [2.05, 4.69) is 30.9 Å². The molecule has 26 heavy (non-hydrogen) atoms. The highest BCUT2D eigenvalue weighted by atomic mass is 35.5. The number of benzene rings is 2. The normalized spacial score (nSPS) is 14.9. The molecule has 1 fully saturated rings. The van der Waals surface area contributed by atoms with Crippen LogP contribution in [0.25, 0.3) is 10.2 Å². The van der Waals surface area contributed by atoms with Gasteiger partial charge >= 0.3 is 0 Å². The molecule has 2 aromatic carbocycles. The van der Waals surface area contributed by atoms with Gasteiger partial charge in [0.2, 0.25) is 0 Å². The molecule has 0 N–H and O–H groups in total. The number of hydrogen-bond donors (Lipinski definition) is 0. The Balaban J connectivity index is 1.49. The molecule has 0 atom stereocenters. The molecule has 0 saturated carbocycles. The number of halogens is 1. The van der Waals surface area contributed by atoms with Crippen LogP contribution in [-0.4, -0.2) is 42.0 Å². The minimum absolute atomic E-state index is 0.00557. The lowest BCUT2D eigenvalue weighted by molar-refractivity contribution is 0.0747. The standard InChI is InChI=1S/C20H20ClN3OS/c1-13-11-14(2)18-17(12-13)22-20(26-18)24-9-7-23(8-10-24)19(25)15-5-3-4-6-16(15)21/h3-6,11-12H,7-10H2,1-2H3. The van der Waals surface area contributed by atoms with Crippen molar-refractivity contribution in [1.82, 2.24) is 9.88 Å². The maximum atomic E-state index is 12.7. The number of anilines is 1. The Labute approximate surface area is 162 Å². The fraction of sp³-hybridized carbons (Fsp3) is 0.300. The number of hydrogen-bond acceptors (Lipinski definition) is 4. The lowest BCUT2D eigenvalue weighted by Crippen LogP contribution is -2.48. The van der Waals surface area contributed by atoms with Gasteiger partial charge in [-0.3, -0.25) is 4.79 Å². The number of aromatic nitrogens is 1. The fourth-order valence-electron chi connectivity index (χ4n) is 3.41. The number of carbonyl (C=O) groups excluding carboxylic acids is 1. The minimum atomic E-state index is 0.00557. The third-order valence-electron chi connectivity index (χ3n) is 4.75. The third-order valence-corrected chi connectivity index (χ3v) is 6.35. The van der Waals surface area contributed by atoms with Crippen LogP contribution in [0.15, 0.2) is 36.4 Å². The van der Waals surface area contributed by atoms with Gasteiger partial charge in [-0.25, -0.2) is 4.98 Å². The van der Waals surface area contributed by atoms with Crippen LogP contribution in [0.2, 0.25) is 5.02 Å². The van der Waals surface area contributed by atoms with Crippen LogP contribution < -0.4 is 4.90 Å². The molecule has 134 valence electrons. The average molecular weight is 386 g/mol. The Morgan fingerprint density at radius 2 is 1.85 bits per heavy atom. The molecule has 1 aliphatic rings. The van der Waals surface area contributed by atoms with E-state index in [1.807, 2.05) is 17.0 Å². The highest BCUT2D eigenvalue weighted by molar-refractivity contribution is 7.22. The Morgan fingerprint density at radius 1 is 1.12 bits per heavy atom. The van der Waals surface area contributed by atoms with Crippen molar-refractivity contribution in [2.45, 2.75) is 13.8 Å². The summed E-state index contributed by atoms with van der Waals surface area (Å²) in [6.07, 6.45) is 0. The zero-order valence-corrected chi connectivity index (χ0v) is 16.4. The Kier molecular flexibility index (Phi) is 4.59. The highest BCUT2D eigenvalue weighted by Crippen LogP contribution is 2.32. The number of carbonyl (C=O) groups is 1. The Morgan fingerprint density at radius 3 is 2.58 bits per heavy atom. The van der Waals surface area contributed by atoms with E-state index in [-0.39, 0.29) is 5.91 Å². The topological polar surface area (TPSA) is 36.4 Å². The van der Waals surface area contributed by atoms with Crippen molar-refractivity contribution in [1.29, 1.82) is 0 Å². The maximum Gasteiger partial charge on any atom is 0.255 e. The number of piperazine rings is 1. The molecule has 1 saturated heterocycles. The van der Waals surface area contributed by atoms with Gasteiger partial charge in [0, 0.05) is 26.2 Å².